The number of hydrazone groups is 1. The minimum atomic E-state index is 0.582. The molecule has 7 heteroatoms. The van der Waals surface area contributed by atoms with Crippen LogP contribution in [0.25, 0.3) is 11.0 Å². The molecule has 0 amide bonds. The number of halogens is 1. The van der Waals surface area contributed by atoms with E-state index in [2.05, 4.69) is 36.4 Å². The van der Waals surface area contributed by atoms with Crippen LogP contribution in [0.15, 0.2) is 46.0 Å². The summed E-state index contributed by atoms with van der Waals surface area (Å²) in [5.74, 6) is 1.86. The van der Waals surface area contributed by atoms with Crippen LogP contribution in [0.4, 0.5) is 5.95 Å². The molecule has 3 aromatic rings. The van der Waals surface area contributed by atoms with Crippen LogP contribution in [-0.2, 0) is 0 Å². The van der Waals surface area contributed by atoms with Gasteiger partial charge in [0.1, 0.15) is 0 Å². The third-order valence-corrected chi connectivity index (χ3v) is 4.10. The van der Waals surface area contributed by atoms with E-state index in [1.165, 1.54) is 0 Å². The fourth-order valence-electron chi connectivity index (χ4n) is 2.17. The number of fused-ring (bicyclic) bond motifs is 1. The zero-order valence-corrected chi connectivity index (χ0v) is 14.2. The summed E-state index contributed by atoms with van der Waals surface area (Å²) in [6.45, 7) is 0. The van der Waals surface area contributed by atoms with Gasteiger partial charge >= 0.3 is 0 Å². The monoisotopic (exact) mass is 374 g/mol. The molecule has 6 nitrogen and oxygen atoms in total. The maximum absolute atomic E-state index is 5.34. The summed E-state index contributed by atoms with van der Waals surface area (Å²) >= 11 is 3.50. The minimum absolute atomic E-state index is 0.582. The largest absolute Gasteiger partial charge is 0.493 e. The second-order valence-electron chi connectivity index (χ2n) is 4.68. The summed E-state index contributed by atoms with van der Waals surface area (Å²) in [4.78, 5) is 7.54. The highest BCUT2D eigenvalue weighted by molar-refractivity contribution is 9.10. The number of imidazole rings is 1. The van der Waals surface area contributed by atoms with Crippen LogP contribution in [0.2, 0.25) is 0 Å². The Morgan fingerprint density at radius 1 is 1.17 bits per heavy atom. The number of benzene rings is 2. The van der Waals surface area contributed by atoms with E-state index < -0.39 is 0 Å². The predicted octanol–water partition coefficient (Wildman–Crippen LogP) is 3.79. The topological polar surface area (TPSA) is 71.5 Å². The van der Waals surface area contributed by atoms with Crippen LogP contribution in [0.5, 0.6) is 11.5 Å². The van der Waals surface area contributed by atoms with Crippen molar-refractivity contribution in [2.45, 2.75) is 0 Å². The maximum atomic E-state index is 5.34. The molecule has 0 aliphatic rings. The Hall–Kier alpha value is -2.54. The average Bonchev–Trinajstić information content (AvgIpc) is 2.98. The fourth-order valence-corrected chi connectivity index (χ4v) is 2.76. The van der Waals surface area contributed by atoms with Gasteiger partial charge in [0, 0.05) is 5.56 Å². The Balaban J connectivity index is 1.80. The maximum Gasteiger partial charge on any atom is 0.222 e. The van der Waals surface area contributed by atoms with Gasteiger partial charge < -0.3 is 14.5 Å². The van der Waals surface area contributed by atoms with Gasteiger partial charge in [-0.15, -0.1) is 0 Å². The molecule has 0 fully saturated rings. The number of hydrogen-bond acceptors (Lipinski definition) is 5. The highest BCUT2D eigenvalue weighted by atomic mass is 79.9. The van der Waals surface area contributed by atoms with Gasteiger partial charge in [0.05, 0.1) is 35.9 Å². The molecule has 0 aliphatic heterocycles. The lowest BCUT2D eigenvalue weighted by atomic mass is 10.2. The first-order chi connectivity index (χ1) is 11.2. The summed E-state index contributed by atoms with van der Waals surface area (Å²) in [7, 11) is 3.19. The number of aromatic nitrogens is 2. The van der Waals surface area contributed by atoms with E-state index in [1.807, 2.05) is 36.4 Å². The molecule has 2 aromatic carbocycles. The van der Waals surface area contributed by atoms with Crippen molar-refractivity contribution in [2.24, 2.45) is 5.10 Å². The SMILES string of the molecule is COc1ccc(/C=N\Nc2nc3ccccc3[nH]2)c(Br)c1OC. The van der Waals surface area contributed by atoms with Gasteiger partial charge in [-0.25, -0.2) is 10.4 Å². The van der Waals surface area contributed by atoms with E-state index in [0.717, 1.165) is 21.1 Å². The number of rotatable bonds is 5. The highest BCUT2D eigenvalue weighted by Gasteiger charge is 2.11. The summed E-state index contributed by atoms with van der Waals surface area (Å²) in [5.41, 5.74) is 5.58. The van der Waals surface area contributed by atoms with Crippen molar-refractivity contribution in [1.82, 2.24) is 9.97 Å². The second kappa shape index (κ2) is 6.70. The Bertz CT molecular complexity index is 827. The van der Waals surface area contributed by atoms with Crippen molar-refractivity contribution in [3.63, 3.8) is 0 Å². The molecule has 23 heavy (non-hydrogen) atoms. The molecule has 3 rings (SSSR count). The zero-order valence-electron chi connectivity index (χ0n) is 12.6. The number of para-hydroxylation sites is 2. The third kappa shape index (κ3) is 3.14. The van der Waals surface area contributed by atoms with Gasteiger partial charge in [-0.05, 0) is 40.2 Å². The van der Waals surface area contributed by atoms with Crippen molar-refractivity contribution in [1.29, 1.82) is 0 Å². The zero-order chi connectivity index (χ0) is 16.2. The lowest BCUT2D eigenvalue weighted by molar-refractivity contribution is 0.353. The first-order valence-corrected chi connectivity index (χ1v) is 7.66. The number of ether oxygens (including phenoxy) is 2. The van der Waals surface area contributed by atoms with Gasteiger partial charge in [-0.2, -0.15) is 5.10 Å². The molecule has 1 aromatic heterocycles. The van der Waals surface area contributed by atoms with E-state index >= 15 is 0 Å². The molecule has 2 N–H and O–H groups in total. The number of nitrogens with one attached hydrogen (secondary N) is 2. The first kappa shape index (κ1) is 15.4. The Labute approximate surface area is 141 Å². The van der Waals surface area contributed by atoms with Crippen molar-refractivity contribution < 1.29 is 9.47 Å². The molecular formula is C16H15BrN4O2. The van der Waals surface area contributed by atoms with Crippen LogP contribution < -0.4 is 14.9 Å². The quantitative estimate of drug-likeness (QED) is 0.526. The average molecular weight is 375 g/mol. The lowest BCUT2D eigenvalue weighted by Gasteiger charge is -2.10. The van der Waals surface area contributed by atoms with Gasteiger partial charge in [0.15, 0.2) is 11.5 Å². The van der Waals surface area contributed by atoms with Crippen molar-refractivity contribution in [2.75, 3.05) is 19.6 Å². The number of H-pyrrole nitrogens is 1. The third-order valence-electron chi connectivity index (χ3n) is 3.28. The summed E-state index contributed by atoms with van der Waals surface area (Å²) in [5, 5.41) is 4.20. The molecule has 0 radical (unpaired) electrons. The Morgan fingerprint density at radius 3 is 2.74 bits per heavy atom. The van der Waals surface area contributed by atoms with E-state index in [4.69, 9.17) is 9.47 Å². The standard InChI is InChI=1S/C16H15BrN4O2/c1-22-13-8-7-10(14(17)15(13)23-2)9-18-21-16-19-11-5-3-4-6-12(11)20-16/h3-9H,1-2H3,(H2,19,20,21)/b18-9-. The molecule has 0 bridgehead atoms. The second-order valence-corrected chi connectivity index (χ2v) is 5.47. The molecular weight excluding hydrogens is 360 g/mol. The number of methoxy groups -OCH3 is 2. The predicted molar refractivity (Wildman–Crippen MR) is 94.6 cm³/mol. The number of nitrogens with zero attached hydrogens (tertiary/aromatic N) is 2. The van der Waals surface area contributed by atoms with Gasteiger partial charge in [-0.3, -0.25) is 0 Å². The molecule has 118 valence electrons. The van der Waals surface area contributed by atoms with Gasteiger partial charge in [0.25, 0.3) is 0 Å². The fraction of sp³-hybridized carbons (Fsp3) is 0.125. The van der Waals surface area contributed by atoms with E-state index in [-0.39, 0.29) is 0 Å². The lowest BCUT2D eigenvalue weighted by Crippen LogP contribution is -1.96. The summed E-state index contributed by atoms with van der Waals surface area (Å²) in [6, 6.07) is 11.5. The number of anilines is 1. The molecule has 0 unspecified atom stereocenters. The van der Waals surface area contributed by atoms with Gasteiger partial charge in [0.2, 0.25) is 5.95 Å². The van der Waals surface area contributed by atoms with E-state index in [9.17, 15) is 0 Å². The van der Waals surface area contributed by atoms with Crippen LogP contribution in [0.3, 0.4) is 0 Å². The van der Waals surface area contributed by atoms with Crippen molar-refractivity contribution >= 4 is 39.1 Å². The number of hydrogen-bond donors (Lipinski definition) is 2. The summed E-state index contributed by atoms with van der Waals surface area (Å²) in [6.07, 6.45) is 1.68. The summed E-state index contributed by atoms with van der Waals surface area (Å²) < 4.78 is 11.4. The normalized spacial score (nSPS) is 11.1. The van der Waals surface area contributed by atoms with Crippen molar-refractivity contribution in [3.8, 4) is 11.5 Å². The molecule has 1 heterocycles. The van der Waals surface area contributed by atoms with Gasteiger partial charge in [-0.1, -0.05) is 12.1 Å². The Morgan fingerprint density at radius 2 is 2.00 bits per heavy atom. The Kier molecular flexibility index (Phi) is 4.47. The van der Waals surface area contributed by atoms with Crippen LogP contribution >= 0.6 is 15.9 Å². The van der Waals surface area contributed by atoms with Crippen LogP contribution in [0.1, 0.15) is 5.56 Å². The first-order valence-electron chi connectivity index (χ1n) is 6.87. The van der Waals surface area contributed by atoms with E-state index in [0.29, 0.717) is 17.4 Å². The van der Waals surface area contributed by atoms with Crippen molar-refractivity contribution in [3.05, 3.63) is 46.4 Å². The smallest absolute Gasteiger partial charge is 0.222 e. The number of aromatic amines is 1. The van der Waals surface area contributed by atoms with E-state index in [1.54, 1.807) is 20.4 Å². The molecule has 0 saturated carbocycles. The molecule has 0 spiro atoms. The molecule has 0 aliphatic carbocycles. The van der Waals surface area contributed by atoms with Crippen LogP contribution in [-0.4, -0.2) is 30.4 Å². The van der Waals surface area contributed by atoms with Crippen LogP contribution in [0, 0.1) is 0 Å². The minimum Gasteiger partial charge on any atom is -0.493 e. The highest BCUT2D eigenvalue weighted by Crippen LogP contribution is 2.36. The molecule has 0 saturated heterocycles. The molecule has 0 atom stereocenters.